The zero-order valence-electron chi connectivity index (χ0n) is 10.7. The van der Waals surface area contributed by atoms with Crippen LogP contribution in [-0.4, -0.2) is 28.1 Å². The van der Waals surface area contributed by atoms with Gasteiger partial charge in [0.05, 0.1) is 6.42 Å². The van der Waals surface area contributed by atoms with Crippen molar-refractivity contribution in [2.45, 2.75) is 19.3 Å². The van der Waals surface area contributed by atoms with Crippen LogP contribution in [0.5, 0.6) is 5.75 Å². The van der Waals surface area contributed by atoms with E-state index in [4.69, 9.17) is 14.9 Å². The van der Waals surface area contributed by atoms with Crippen molar-refractivity contribution in [1.29, 1.82) is 0 Å². The molecular formula is C14H14O6. The molecule has 20 heavy (non-hydrogen) atoms. The molecule has 1 rings (SSSR count). The summed E-state index contributed by atoms with van der Waals surface area (Å²) in [5.74, 6) is -2.67. The smallest absolute Gasteiger partial charge is 0.339 e. The Hall–Kier alpha value is -2.63. The maximum absolute atomic E-state index is 11.5. The molecule has 0 aliphatic carbocycles. The molecule has 0 aromatic heterocycles. The number of aryl methyl sites for hydroxylation is 1. The van der Waals surface area contributed by atoms with Gasteiger partial charge in [-0.25, -0.2) is 4.79 Å². The highest BCUT2D eigenvalue weighted by Crippen LogP contribution is 2.16. The van der Waals surface area contributed by atoms with Crippen LogP contribution in [0.2, 0.25) is 0 Å². The summed E-state index contributed by atoms with van der Waals surface area (Å²) in [7, 11) is 0. The Bertz CT molecular complexity index is 546. The number of aliphatic carboxylic acids is 2. The summed E-state index contributed by atoms with van der Waals surface area (Å²) >= 11 is 0. The lowest BCUT2D eigenvalue weighted by Gasteiger charge is -2.06. The number of carboxylic acids is 2. The van der Waals surface area contributed by atoms with Crippen LogP contribution >= 0.6 is 0 Å². The van der Waals surface area contributed by atoms with E-state index >= 15 is 0 Å². The van der Waals surface area contributed by atoms with Crippen LogP contribution in [0.3, 0.4) is 0 Å². The third kappa shape index (κ3) is 5.34. The molecule has 2 N–H and O–H groups in total. The van der Waals surface area contributed by atoms with Gasteiger partial charge >= 0.3 is 17.9 Å². The summed E-state index contributed by atoms with van der Waals surface area (Å²) in [6.45, 7) is 3.34. The minimum absolute atomic E-state index is 0.0247. The Kier molecular flexibility index (Phi) is 5.46. The number of ether oxygens (including phenoxy) is 1. The van der Waals surface area contributed by atoms with Crippen molar-refractivity contribution in [3.8, 4) is 5.75 Å². The standard InChI is InChI=1S/C14H14O6/c1-9(7-13(17)18)14(19)20-11-4-2-3-10(8-11)5-6-12(15)16/h2-4,8H,1,5-7H2,(H,15,16)(H,17,18). The summed E-state index contributed by atoms with van der Waals surface area (Å²) in [4.78, 5) is 32.5. The molecule has 0 heterocycles. The topological polar surface area (TPSA) is 101 Å². The van der Waals surface area contributed by atoms with Gasteiger partial charge in [-0.3, -0.25) is 9.59 Å². The van der Waals surface area contributed by atoms with Crippen LogP contribution in [-0.2, 0) is 20.8 Å². The van der Waals surface area contributed by atoms with Gasteiger partial charge in [-0.2, -0.15) is 0 Å². The highest BCUT2D eigenvalue weighted by Gasteiger charge is 2.13. The Labute approximate surface area is 115 Å². The monoisotopic (exact) mass is 278 g/mol. The number of esters is 1. The predicted octanol–water partition coefficient (Wildman–Crippen LogP) is 1.64. The third-order valence-corrected chi connectivity index (χ3v) is 2.39. The Balaban J connectivity index is 2.66. The summed E-state index contributed by atoms with van der Waals surface area (Å²) in [6, 6.07) is 6.40. The fourth-order valence-electron chi connectivity index (χ4n) is 1.45. The highest BCUT2D eigenvalue weighted by molar-refractivity contribution is 5.94. The molecule has 0 fully saturated rings. The number of benzene rings is 1. The molecule has 0 bridgehead atoms. The molecule has 0 spiro atoms. The number of carboxylic acid groups (broad SMARTS) is 2. The average Bonchev–Trinajstić information content (AvgIpc) is 2.36. The van der Waals surface area contributed by atoms with E-state index in [9.17, 15) is 14.4 Å². The van der Waals surface area contributed by atoms with Crippen molar-refractivity contribution in [1.82, 2.24) is 0 Å². The summed E-state index contributed by atoms with van der Waals surface area (Å²) < 4.78 is 4.98. The van der Waals surface area contributed by atoms with Gasteiger partial charge in [-0.05, 0) is 24.1 Å². The van der Waals surface area contributed by atoms with Crippen molar-refractivity contribution in [2.75, 3.05) is 0 Å². The molecule has 0 saturated heterocycles. The van der Waals surface area contributed by atoms with E-state index in [-0.39, 0.29) is 17.7 Å². The van der Waals surface area contributed by atoms with Crippen LogP contribution in [0, 0.1) is 0 Å². The highest BCUT2D eigenvalue weighted by atomic mass is 16.5. The fraction of sp³-hybridized carbons (Fsp3) is 0.214. The summed E-state index contributed by atoms with van der Waals surface area (Å²) in [5.41, 5.74) is 0.551. The molecule has 0 radical (unpaired) electrons. The molecule has 0 amide bonds. The predicted molar refractivity (Wildman–Crippen MR) is 69.4 cm³/mol. The molecule has 6 nitrogen and oxygen atoms in total. The van der Waals surface area contributed by atoms with Gasteiger partial charge < -0.3 is 14.9 Å². The van der Waals surface area contributed by atoms with E-state index in [1.165, 1.54) is 12.1 Å². The molecule has 0 atom stereocenters. The van der Waals surface area contributed by atoms with Crippen molar-refractivity contribution in [3.05, 3.63) is 42.0 Å². The van der Waals surface area contributed by atoms with Gasteiger partial charge in [-0.15, -0.1) is 0 Å². The van der Waals surface area contributed by atoms with E-state index in [1.807, 2.05) is 0 Å². The zero-order valence-corrected chi connectivity index (χ0v) is 10.7. The van der Waals surface area contributed by atoms with Crippen LogP contribution in [0.15, 0.2) is 36.4 Å². The van der Waals surface area contributed by atoms with Gasteiger partial charge in [0.1, 0.15) is 5.75 Å². The number of rotatable bonds is 7. The zero-order chi connectivity index (χ0) is 15.1. The second kappa shape index (κ2) is 7.08. The average molecular weight is 278 g/mol. The number of hydrogen-bond donors (Lipinski definition) is 2. The second-order valence-electron chi connectivity index (χ2n) is 4.10. The van der Waals surface area contributed by atoms with E-state index in [2.05, 4.69) is 6.58 Å². The first-order valence-corrected chi connectivity index (χ1v) is 5.81. The molecule has 0 saturated carbocycles. The molecule has 1 aromatic carbocycles. The van der Waals surface area contributed by atoms with Gasteiger partial charge in [0, 0.05) is 12.0 Å². The molecule has 0 aliphatic heterocycles. The van der Waals surface area contributed by atoms with Crippen LogP contribution in [0.1, 0.15) is 18.4 Å². The van der Waals surface area contributed by atoms with Crippen molar-refractivity contribution in [3.63, 3.8) is 0 Å². The molecular weight excluding hydrogens is 264 g/mol. The van der Waals surface area contributed by atoms with Crippen molar-refractivity contribution < 1.29 is 29.3 Å². The lowest BCUT2D eigenvalue weighted by atomic mass is 10.1. The van der Waals surface area contributed by atoms with E-state index < -0.39 is 24.3 Å². The minimum Gasteiger partial charge on any atom is -0.481 e. The Morgan fingerprint density at radius 1 is 1.15 bits per heavy atom. The van der Waals surface area contributed by atoms with Gasteiger partial charge in [-0.1, -0.05) is 18.7 Å². The van der Waals surface area contributed by atoms with E-state index in [0.29, 0.717) is 12.0 Å². The summed E-state index contributed by atoms with van der Waals surface area (Å²) in [5, 5.41) is 17.1. The maximum Gasteiger partial charge on any atom is 0.339 e. The Morgan fingerprint density at radius 2 is 1.85 bits per heavy atom. The van der Waals surface area contributed by atoms with Crippen LogP contribution in [0.4, 0.5) is 0 Å². The Morgan fingerprint density at radius 3 is 2.45 bits per heavy atom. The molecule has 0 unspecified atom stereocenters. The third-order valence-electron chi connectivity index (χ3n) is 2.39. The lowest BCUT2D eigenvalue weighted by molar-refractivity contribution is -0.138. The number of hydrogen-bond acceptors (Lipinski definition) is 4. The van der Waals surface area contributed by atoms with E-state index in [1.54, 1.807) is 12.1 Å². The van der Waals surface area contributed by atoms with Crippen molar-refractivity contribution in [2.24, 2.45) is 0 Å². The maximum atomic E-state index is 11.5. The quantitative estimate of drug-likeness (QED) is 0.446. The first kappa shape index (κ1) is 15.4. The normalized spacial score (nSPS) is 9.80. The van der Waals surface area contributed by atoms with Gasteiger partial charge in [0.2, 0.25) is 0 Å². The SMILES string of the molecule is C=C(CC(=O)O)C(=O)Oc1cccc(CCC(=O)O)c1. The van der Waals surface area contributed by atoms with Gasteiger partial charge in [0.15, 0.2) is 0 Å². The lowest BCUT2D eigenvalue weighted by Crippen LogP contribution is -2.13. The van der Waals surface area contributed by atoms with E-state index in [0.717, 1.165) is 0 Å². The molecule has 1 aromatic rings. The molecule has 6 heteroatoms. The summed E-state index contributed by atoms with van der Waals surface area (Å²) in [6.07, 6.45) is -0.197. The minimum atomic E-state index is -1.16. The molecule has 0 aliphatic rings. The first-order valence-electron chi connectivity index (χ1n) is 5.81. The van der Waals surface area contributed by atoms with Crippen LogP contribution < -0.4 is 4.74 Å². The second-order valence-corrected chi connectivity index (χ2v) is 4.10. The van der Waals surface area contributed by atoms with Gasteiger partial charge in [0.25, 0.3) is 0 Å². The van der Waals surface area contributed by atoms with Crippen molar-refractivity contribution >= 4 is 17.9 Å². The van der Waals surface area contributed by atoms with Crippen LogP contribution in [0.25, 0.3) is 0 Å². The molecule has 106 valence electrons. The first-order chi connectivity index (χ1) is 9.38. The largest absolute Gasteiger partial charge is 0.481 e. The fourth-order valence-corrected chi connectivity index (χ4v) is 1.45. The number of carbonyl (C=O) groups excluding carboxylic acids is 1. The number of carbonyl (C=O) groups is 3.